The maximum Gasteiger partial charge on any atom is 0.136 e. The molecular weight excluding hydrogens is 352 g/mol. The summed E-state index contributed by atoms with van der Waals surface area (Å²) in [5, 5.41) is 5.19. The molecule has 0 bridgehead atoms. The zero-order valence-electron chi connectivity index (χ0n) is 17.1. The molecule has 1 unspecified atom stereocenters. The van der Waals surface area contributed by atoms with E-state index in [-0.39, 0.29) is 5.92 Å². The van der Waals surface area contributed by atoms with Gasteiger partial charge in [0.1, 0.15) is 5.78 Å². The van der Waals surface area contributed by atoms with Crippen molar-refractivity contribution in [3.8, 4) is 0 Å². The summed E-state index contributed by atoms with van der Waals surface area (Å²) in [5.41, 5.74) is 2.62. The molecule has 0 heterocycles. The number of fused-ring (bicyclic) bond motifs is 2. The smallest absolute Gasteiger partial charge is 0.136 e. The molecule has 1 aliphatic carbocycles. The van der Waals surface area contributed by atoms with Crippen LogP contribution in [0.5, 0.6) is 0 Å². The summed E-state index contributed by atoms with van der Waals surface area (Å²) in [6, 6.07) is 29.9. The molecule has 0 radical (unpaired) electrons. The lowest BCUT2D eigenvalue weighted by Gasteiger charge is -2.20. The van der Waals surface area contributed by atoms with E-state index >= 15 is 0 Å². The van der Waals surface area contributed by atoms with E-state index in [1.807, 2.05) is 0 Å². The Hall–Kier alpha value is -2.93. The first kappa shape index (κ1) is 19.4. The van der Waals surface area contributed by atoms with Gasteiger partial charge in [-0.15, -0.1) is 0 Å². The fourth-order valence-corrected chi connectivity index (χ4v) is 4.23. The molecule has 0 aliphatic heterocycles. The van der Waals surface area contributed by atoms with E-state index in [1.54, 1.807) is 0 Å². The monoisotopic (exact) mass is 380 g/mol. The molecule has 1 atom stereocenters. The van der Waals surface area contributed by atoms with Crippen molar-refractivity contribution in [3.05, 3.63) is 96.1 Å². The molecule has 0 saturated heterocycles. The molecular formula is C28H28O. The summed E-state index contributed by atoms with van der Waals surface area (Å²) in [5.74, 6) is 0.731. The Balaban J connectivity index is 0.000000159. The maximum atomic E-state index is 11.9. The van der Waals surface area contributed by atoms with Gasteiger partial charge in [0.25, 0.3) is 0 Å². The third-order valence-corrected chi connectivity index (χ3v) is 5.88. The van der Waals surface area contributed by atoms with Crippen LogP contribution in [0.4, 0.5) is 0 Å². The highest BCUT2D eigenvalue weighted by Crippen LogP contribution is 2.25. The minimum Gasteiger partial charge on any atom is -0.299 e. The first-order chi connectivity index (χ1) is 14.2. The fraction of sp³-hybridized carbons (Fsp3) is 0.250. The van der Waals surface area contributed by atoms with Crippen LogP contribution in [0.3, 0.4) is 0 Å². The number of hydrogen-bond acceptors (Lipinski definition) is 1. The molecule has 0 N–H and O–H groups in total. The van der Waals surface area contributed by atoms with E-state index in [0.29, 0.717) is 5.78 Å². The Morgan fingerprint density at radius 2 is 1.34 bits per heavy atom. The summed E-state index contributed by atoms with van der Waals surface area (Å²) in [4.78, 5) is 11.9. The molecule has 0 amide bonds. The highest BCUT2D eigenvalue weighted by molar-refractivity contribution is 5.84. The molecule has 0 aromatic heterocycles. The van der Waals surface area contributed by atoms with Gasteiger partial charge in [-0.3, -0.25) is 4.79 Å². The van der Waals surface area contributed by atoms with Crippen LogP contribution >= 0.6 is 0 Å². The van der Waals surface area contributed by atoms with Gasteiger partial charge in [0.15, 0.2) is 0 Å². The molecule has 29 heavy (non-hydrogen) atoms. The number of carbonyl (C=O) groups is 1. The van der Waals surface area contributed by atoms with Crippen molar-refractivity contribution in [1.29, 1.82) is 0 Å². The molecule has 1 fully saturated rings. The number of hydrogen-bond donors (Lipinski definition) is 0. The molecule has 1 aliphatic rings. The summed E-state index contributed by atoms with van der Waals surface area (Å²) < 4.78 is 0. The zero-order valence-corrected chi connectivity index (χ0v) is 17.1. The molecule has 4 aromatic carbocycles. The van der Waals surface area contributed by atoms with E-state index in [1.165, 1.54) is 39.1 Å². The first-order valence-corrected chi connectivity index (χ1v) is 10.6. The van der Waals surface area contributed by atoms with Crippen LogP contribution in [0.2, 0.25) is 0 Å². The molecule has 1 heteroatoms. The van der Waals surface area contributed by atoms with Gasteiger partial charge in [0, 0.05) is 12.3 Å². The Morgan fingerprint density at radius 3 is 2.03 bits per heavy atom. The minimum absolute atomic E-state index is 0.264. The molecule has 1 nitrogen and oxygen atoms in total. The van der Waals surface area contributed by atoms with Crippen LogP contribution in [0.1, 0.15) is 36.8 Å². The number of ketones is 1. The predicted molar refractivity (Wildman–Crippen MR) is 123 cm³/mol. The fourth-order valence-electron chi connectivity index (χ4n) is 4.23. The lowest BCUT2D eigenvalue weighted by molar-refractivity contribution is -0.124. The molecule has 1 saturated carbocycles. The number of Topliss-reactive ketones (excluding diaryl/α,β-unsaturated/α-hetero) is 1. The van der Waals surface area contributed by atoms with Crippen LogP contribution in [-0.2, 0) is 11.2 Å². The highest BCUT2D eigenvalue weighted by Gasteiger charge is 2.22. The molecule has 0 spiro atoms. The highest BCUT2D eigenvalue weighted by atomic mass is 16.1. The van der Waals surface area contributed by atoms with E-state index in [4.69, 9.17) is 0 Å². The Labute approximate surface area is 173 Å². The van der Waals surface area contributed by atoms with Gasteiger partial charge in [-0.05, 0) is 53.3 Å². The van der Waals surface area contributed by atoms with Gasteiger partial charge < -0.3 is 0 Å². The largest absolute Gasteiger partial charge is 0.299 e. The third kappa shape index (κ3) is 4.92. The lowest BCUT2D eigenvalue weighted by Crippen LogP contribution is -2.20. The summed E-state index contributed by atoms with van der Waals surface area (Å²) in [7, 11) is 0. The van der Waals surface area contributed by atoms with E-state index in [9.17, 15) is 4.79 Å². The molecule has 146 valence electrons. The first-order valence-electron chi connectivity index (χ1n) is 10.6. The van der Waals surface area contributed by atoms with Crippen molar-refractivity contribution < 1.29 is 4.79 Å². The van der Waals surface area contributed by atoms with E-state index < -0.39 is 0 Å². The minimum atomic E-state index is 0.264. The van der Waals surface area contributed by atoms with Gasteiger partial charge in [0.05, 0.1) is 0 Å². The molecule has 5 rings (SSSR count). The number of carbonyl (C=O) groups excluding carboxylic acids is 1. The van der Waals surface area contributed by atoms with Crippen LogP contribution < -0.4 is 0 Å². The number of benzene rings is 4. The van der Waals surface area contributed by atoms with Crippen LogP contribution in [0, 0.1) is 12.8 Å². The Kier molecular flexibility index (Phi) is 6.05. The summed E-state index contributed by atoms with van der Waals surface area (Å²) >= 11 is 0. The third-order valence-electron chi connectivity index (χ3n) is 5.88. The second kappa shape index (κ2) is 9.05. The van der Waals surface area contributed by atoms with Crippen LogP contribution in [0.25, 0.3) is 21.5 Å². The Morgan fingerprint density at radius 1 is 0.724 bits per heavy atom. The van der Waals surface area contributed by atoms with Gasteiger partial charge in [-0.25, -0.2) is 0 Å². The van der Waals surface area contributed by atoms with Gasteiger partial charge in [0.2, 0.25) is 0 Å². The summed E-state index contributed by atoms with van der Waals surface area (Å²) in [6.45, 7) is 2.12. The maximum absolute atomic E-state index is 11.9. The molecule has 4 aromatic rings. The standard InChI is InChI=1S/C17H18O.C11H10/c18-17-8-4-3-7-16(17)12-13-9-10-14-5-1-2-6-15(14)11-13;1-9-6-7-10-4-2-3-5-11(10)8-9/h1-2,5-6,9-11,16H,3-4,7-8,12H2;2-8H,1H3. The van der Waals surface area contributed by atoms with Crippen molar-refractivity contribution in [1.82, 2.24) is 0 Å². The second-order valence-corrected chi connectivity index (χ2v) is 8.15. The lowest BCUT2D eigenvalue weighted by atomic mass is 9.83. The SMILES string of the molecule is Cc1ccc2ccccc2c1.O=C1CCCCC1Cc1ccc2ccccc2c1. The summed E-state index contributed by atoms with van der Waals surface area (Å²) in [6.07, 6.45) is 5.09. The Bertz CT molecular complexity index is 1130. The second-order valence-electron chi connectivity index (χ2n) is 8.15. The van der Waals surface area contributed by atoms with Crippen molar-refractivity contribution in [2.24, 2.45) is 5.92 Å². The van der Waals surface area contributed by atoms with E-state index in [2.05, 4.69) is 91.9 Å². The number of aryl methyl sites for hydroxylation is 1. The van der Waals surface area contributed by atoms with Gasteiger partial charge >= 0.3 is 0 Å². The quantitative estimate of drug-likeness (QED) is 0.357. The normalized spacial score (nSPS) is 16.4. The average Bonchev–Trinajstić information content (AvgIpc) is 2.76. The van der Waals surface area contributed by atoms with Crippen molar-refractivity contribution in [2.45, 2.75) is 39.0 Å². The van der Waals surface area contributed by atoms with Crippen LogP contribution in [0.15, 0.2) is 84.9 Å². The van der Waals surface area contributed by atoms with Crippen molar-refractivity contribution in [3.63, 3.8) is 0 Å². The zero-order chi connectivity index (χ0) is 20.1. The van der Waals surface area contributed by atoms with E-state index in [0.717, 1.165) is 25.7 Å². The average molecular weight is 381 g/mol. The van der Waals surface area contributed by atoms with Gasteiger partial charge in [-0.2, -0.15) is 0 Å². The number of rotatable bonds is 2. The van der Waals surface area contributed by atoms with Crippen molar-refractivity contribution in [2.75, 3.05) is 0 Å². The van der Waals surface area contributed by atoms with Crippen molar-refractivity contribution >= 4 is 27.3 Å². The van der Waals surface area contributed by atoms with Crippen LogP contribution in [-0.4, -0.2) is 5.78 Å². The topological polar surface area (TPSA) is 17.1 Å². The van der Waals surface area contributed by atoms with Gasteiger partial charge in [-0.1, -0.05) is 96.9 Å². The predicted octanol–water partition coefficient (Wildman–Crippen LogP) is 7.29.